The van der Waals surface area contributed by atoms with Crippen LogP contribution in [0.1, 0.15) is 36.9 Å². The largest absolute Gasteiger partial charge is 0.478 e. The molecule has 2 saturated carbocycles. The SMILES string of the molecule is CN(C)N=Cc1c(/C=C/C(=O)O)c(=O)n(CC2CC2)c(=O)n1CC1CC1. The van der Waals surface area contributed by atoms with Gasteiger partial charge in [0.1, 0.15) is 0 Å². The van der Waals surface area contributed by atoms with E-state index < -0.39 is 11.5 Å². The maximum Gasteiger partial charge on any atom is 0.331 e. The Morgan fingerprint density at radius 2 is 1.73 bits per heavy atom. The molecule has 0 radical (unpaired) electrons. The summed E-state index contributed by atoms with van der Waals surface area (Å²) < 4.78 is 2.84. The molecule has 0 unspecified atom stereocenters. The Kier molecular flexibility index (Phi) is 5.11. The van der Waals surface area contributed by atoms with E-state index in [1.807, 2.05) is 0 Å². The number of aromatic nitrogens is 2. The molecule has 3 rings (SSSR count). The molecule has 8 heteroatoms. The summed E-state index contributed by atoms with van der Waals surface area (Å²) >= 11 is 0. The van der Waals surface area contributed by atoms with E-state index in [9.17, 15) is 14.4 Å². The number of hydrogen-bond donors (Lipinski definition) is 1. The predicted octanol–water partition coefficient (Wildman–Crippen LogP) is 0.823. The van der Waals surface area contributed by atoms with E-state index in [2.05, 4.69) is 5.10 Å². The van der Waals surface area contributed by atoms with Crippen molar-refractivity contribution >= 4 is 18.3 Å². The predicted molar refractivity (Wildman–Crippen MR) is 98.4 cm³/mol. The number of carboxylic acids is 1. The number of aliphatic carboxylic acids is 1. The molecule has 2 aliphatic carbocycles. The molecule has 0 bridgehead atoms. The summed E-state index contributed by atoms with van der Waals surface area (Å²) in [6.45, 7) is 0.911. The van der Waals surface area contributed by atoms with Crippen molar-refractivity contribution in [3.05, 3.63) is 38.2 Å². The maximum atomic E-state index is 13.0. The first-order valence-corrected chi connectivity index (χ1v) is 8.86. The van der Waals surface area contributed by atoms with Gasteiger partial charge >= 0.3 is 11.7 Å². The molecule has 0 atom stereocenters. The molecule has 0 aromatic carbocycles. The van der Waals surface area contributed by atoms with E-state index in [1.54, 1.807) is 23.7 Å². The molecule has 1 heterocycles. The highest BCUT2D eigenvalue weighted by Crippen LogP contribution is 2.31. The maximum absolute atomic E-state index is 13.0. The lowest BCUT2D eigenvalue weighted by atomic mass is 10.2. The van der Waals surface area contributed by atoms with Crippen LogP contribution >= 0.6 is 0 Å². The molecule has 0 amide bonds. The molecule has 2 aliphatic rings. The summed E-state index contributed by atoms with van der Waals surface area (Å²) in [7, 11) is 3.47. The van der Waals surface area contributed by atoms with Gasteiger partial charge < -0.3 is 10.1 Å². The molecular weight excluding hydrogens is 336 g/mol. The number of carboxylic acid groups (broad SMARTS) is 1. The summed E-state index contributed by atoms with van der Waals surface area (Å²) in [5.41, 5.74) is -0.225. The number of nitrogens with zero attached hydrogens (tertiary/aromatic N) is 4. The lowest BCUT2D eigenvalue weighted by Gasteiger charge is -2.16. The molecule has 2 fully saturated rings. The second-order valence-electron chi connectivity index (χ2n) is 7.26. The van der Waals surface area contributed by atoms with Crippen molar-refractivity contribution in [2.45, 2.75) is 38.8 Å². The van der Waals surface area contributed by atoms with Crippen LogP contribution in [0.4, 0.5) is 0 Å². The smallest absolute Gasteiger partial charge is 0.331 e. The second kappa shape index (κ2) is 7.31. The summed E-state index contributed by atoms with van der Waals surface area (Å²) in [4.78, 5) is 36.9. The third-order valence-electron chi connectivity index (χ3n) is 4.58. The van der Waals surface area contributed by atoms with Crippen molar-refractivity contribution in [1.29, 1.82) is 0 Å². The standard InChI is InChI=1S/C18H24N4O4/c1-20(2)19-9-15-14(7-8-16(23)24)17(25)22(11-13-5-6-13)18(26)21(15)10-12-3-4-12/h7-9,12-13H,3-6,10-11H2,1-2H3,(H,23,24)/b8-7+,19-9?. The Morgan fingerprint density at radius 3 is 2.23 bits per heavy atom. The van der Waals surface area contributed by atoms with E-state index in [1.165, 1.54) is 16.9 Å². The van der Waals surface area contributed by atoms with E-state index in [-0.39, 0.29) is 11.3 Å². The van der Waals surface area contributed by atoms with E-state index >= 15 is 0 Å². The third-order valence-corrected chi connectivity index (χ3v) is 4.58. The average Bonchev–Trinajstić information content (AvgIpc) is 3.46. The quantitative estimate of drug-likeness (QED) is 0.421. The second-order valence-corrected chi connectivity index (χ2v) is 7.26. The van der Waals surface area contributed by atoms with Crippen molar-refractivity contribution in [3.8, 4) is 0 Å². The van der Waals surface area contributed by atoms with Crippen LogP contribution in [0.25, 0.3) is 6.08 Å². The van der Waals surface area contributed by atoms with Gasteiger partial charge in [-0.2, -0.15) is 5.10 Å². The fourth-order valence-electron chi connectivity index (χ4n) is 2.81. The fourth-order valence-corrected chi connectivity index (χ4v) is 2.81. The summed E-state index contributed by atoms with van der Waals surface area (Å²) in [5.74, 6) is -0.372. The van der Waals surface area contributed by atoms with Crippen molar-refractivity contribution < 1.29 is 9.90 Å². The zero-order valence-electron chi connectivity index (χ0n) is 15.1. The number of rotatable bonds is 8. The number of hydrazone groups is 1. The summed E-state index contributed by atoms with van der Waals surface area (Å²) in [6.07, 6.45) is 7.80. The average molecular weight is 360 g/mol. The van der Waals surface area contributed by atoms with Crippen LogP contribution < -0.4 is 11.2 Å². The molecule has 8 nitrogen and oxygen atoms in total. The van der Waals surface area contributed by atoms with Crippen LogP contribution in [0.5, 0.6) is 0 Å². The van der Waals surface area contributed by atoms with Crippen LogP contribution in [-0.2, 0) is 17.9 Å². The van der Waals surface area contributed by atoms with E-state index in [0.29, 0.717) is 30.6 Å². The van der Waals surface area contributed by atoms with Gasteiger partial charge in [-0.3, -0.25) is 13.9 Å². The van der Waals surface area contributed by atoms with Crippen LogP contribution in [0.2, 0.25) is 0 Å². The Balaban J connectivity index is 2.20. The van der Waals surface area contributed by atoms with E-state index in [4.69, 9.17) is 5.11 Å². The normalized spacial score (nSPS) is 17.3. The molecule has 0 aliphatic heterocycles. The minimum absolute atomic E-state index is 0.193. The zero-order valence-corrected chi connectivity index (χ0v) is 15.1. The van der Waals surface area contributed by atoms with Crippen molar-refractivity contribution in [3.63, 3.8) is 0 Å². The first kappa shape index (κ1) is 18.2. The number of hydrogen-bond acceptors (Lipinski definition) is 5. The van der Waals surface area contributed by atoms with Crippen molar-refractivity contribution in [1.82, 2.24) is 14.1 Å². The van der Waals surface area contributed by atoms with Crippen molar-refractivity contribution in [2.75, 3.05) is 14.1 Å². The monoisotopic (exact) mass is 360 g/mol. The lowest BCUT2D eigenvalue weighted by molar-refractivity contribution is -0.131. The van der Waals surface area contributed by atoms with E-state index in [0.717, 1.165) is 31.8 Å². The molecule has 140 valence electrons. The van der Waals surface area contributed by atoms with Gasteiger partial charge in [-0.05, 0) is 43.6 Å². The van der Waals surface area contributed by atoms with Crippen LogP contribution in [0.3, 0.4) is 0 Å². The summed E-state index contributed by atoms with van der Waals surface area (Å²) in [6, 6.07) is 0. The molecule has 1 aromatic rings. The van der Waals surface area contributed by atoms with Crippen LogP contribution in [-0.4, -0.2) is 45.5 Å². The summed E-state index contributed by atoms with van der Waals surface area (Å²) in [5, 5.41) is 14.7. The number of carbonyl (C=O) groups is 1. The van der Waals surface area contributed by atoms with Gasteiger partial charge in [-0.15, -0.1) is 0 Å². The Hall–Kier alpha value is -2.64. The lowest BCUT2D eigenvalue weighted by Crippen LogP contribution is -2.43. The highest BCUT2D eigenvalue weighted by Gasteiger charge is 2.28. The first-order chi connectivity index (χ1) is 12.4. The highest BCUT2D eigenvalue weighted by atomic mass is 16.4. The molecule has 0 saturated heterocycles. The topological polar surface area (TPSA) is 96.9 Å². The van der Waals surface area contributed by atoms with Gasteiger partial charge in [-0.25, -0.2) is 9.59 Å². The third kappa shape index (κ3) is 4.30. The molecule has 0 spiro atoms. The fraction of sp³-hybridized carbons (Fsp3) is 0.556. The van der Waals surface area contributed by atoms with Gasteiger partial charge in [-0.1, -0.05) is 0 Å². The highest BCUT2D eigenvalue weighted by molar-refractivity contribution is 5.89. The Labute approximate surface area is 151 Å². The van der Waals surface area contributed by atoms with Gasteiger partial charge in [0, 0.05) is 33.3 Å². The van der Waals surface area contributed by atoms with Gasteiger partial charge in [0.05, 0.1) is 17.5 Å². The first-order valence-electron chi connectivity index (χ1n) is 8.86. The Morgan fingerprint density at radius 1 is 1.15 bits per heavy atom. The molecule has 1 N–H and O–H groups in total. The van der Waals surface area contributed by atoms with Crippen LogP contribution in [0, 0.1) is 11.8 Å². The van der Waals surface area contributed by atoms with Gasteiger partial charge in [0.25, 0.3) is 5.56 Å². The minimum atomic E-state index is -1.14. The van der Waals surface area contributed by atoms with Crippen molar-refractivity contribution in [2.24, 2.45) is 16.9 Å². The molecule has 1 aromatic heterocycles. The Bertz CT molecular complexity index is 870. The molecule has 26 heavy (non-hydrogen) atoms. The van der Waals surface area contributed by atoms with Gasteiger partial charge in [0.2, 0.25) is 0 Å². The minimum Gasteiger partial charge on any atom is -0.478 e. The van der Waals surface area contributed by atoms with Gasteiger partial charge in [0.15, 0.2) is 0 Å². The molecular formula is C18H24N4O4. The van der Waals surface area contributed by atoms with Crippen LogP contribution in [0.15, 0.2) is 20.8 Å². The zero-order chi connectivity index (χ0) is 18.8.